The van der Waals surface area contributed by atoms with Crippen LogP contribution in [-0.2, 0) is 10.8 Å². The van der Waals surface area contributed by atoms with E-state index in [1.807, 2.05) is 0 Å². The molecule has 50 heavy (non-hydrogen) atoms. The standard InChI is InChI=1S/C48H40N2/c1-47(2)26-27-48(3,4)40-30-44-38(29-39(40)47)46-43(50(44)35-14-6-5-7-15-35)25-24-42-45(46)37-16-10-11-17-41(37)49(42)36-22-20-32(21-23-36)34-19-18-31-12-8-9-13-33(31)28-34/h5-25,28-30H,26-27H2,1-4H3. The largest absolute Gasteiger partial charge is 0.309 e. The molecule has 0 spiro atoms. The van der Waals surface area contributed by atoms with Crippen molar-refractivity contribution in [2.75, 3.05) is 0 Å². The van der Waals surface area contributed by atoms with Crippen LogP contribution in [0, 0.1) is 0 Å². The minimum Gasteiger partial charge on any atom is -0.309 e. The molecule has 1 aliphatic rings. The number of aromatic nitrogens is 2. The molecule has 2 aromatic heterocycles. The van der Waals surface area contributed by atoms with E-state index in [4.69, 9.17) is 0 Å². The molecular weight excluding hydrogens is 605 g/mol. The SMILES string of the molecule is CC1(C)CCC(C)(C)c2cc3c(cc21)c1c2c4ccccc4n(-c4ccc(-c5ccc6ccccc6c5)cc4)c2ccc1n3-c1ccccc1. The molecule has 242 valence electrons. The highest BCUT2D eigenvalue weighted by molar-refractivity contribution is 6.29. The second-order valence-corrected chi connectivity index (χ2v) is 15.7. The fraction of sp³-hybridized carbons (Fsp3) is 0.167. The van der Waals surface area contributed by atoms with Gasteiger partial charge in [0, 0.05) is 32.9 Å². The Bertz CT molecular complexity index is 2790. The number of para-hydroxylation sites is 2. The Labute approximate surface area is 293 Å². The van der Waals surface area contributed by atoms with Crippen LogP contribution in [0.2, 0.25) is 0 Å². The van der Waals surface area contributed by atoms with Gasteiger partial charge in [-0.3, -0.25) is 0 Å². The molecule has 10 rings (SSSR count). The quantitative estimate of drug-likeness (QED) is 0.181. The number of hydrogen-bond donors (Lipinski definition) is 0. The van der Waals surface area contributed by atoms with Crippen molar-refractivity contribution in [2.24, 2.45) is 0 Å². The van der Waals surface area contributed by atoms with Crippen molar-refractivity contribution in [3.8, 4) is 22.5 Å². The van der Waals surface area contributed by atoms with E-state index in [1.54, 1.807) is 0 Å². The Morgan fingerprint density at radius 2 is 0.960 bits per heavy atom. The maximum Gasteiger partial charge on any atom is 0.0548 e. The van der Waals surface area contributed by atoms with Crippen molar-refractivity contribution < 1.29 is 0 Å². The van der Waals surface area contributed by atoms with Crippen LogP contribution in [0.15, 0.2) is 146 Å². The molecule has 1 aliphatic carbocycles. The number of nitrogens with zero attached hydrogens (tertiary/aromatic N) is 2. The van der Waals surface area contributed by atoms with Gasteiger partial charge in [-0.2, -0.15) is 0 Å². The summed E-state index contributed by atoms with van der Waals surface area (Å²) in [6.45, 7) is 9.73. The first-order valence-corrected chi connectivity index (χ1v) is 18.0. The van der Waals surface area contributed by atoms with Gasteiger partial charge in [0.25, 0.3) is 0 Å². The molecule has 0 amide bonds. The van der Waals surface area contributed by atoms with Gasteiger partial charge in [-0.15, -0.1) is 0 Å². The van der Waals surface area contributed by atoms with Gasteiger partial charge in [-0.05, 0) is 117 Å². The van der Waals surface area contributed by atoms with Crippen molar-refractivity contribution in [3.05, 3.63) is 157 Å². The molecule has 0 unspecified atom stereocenters. The minimum atomic E-state index is 0.120. The Hall–Kier alpha value is -5.60. The van der Waals surface area contributed by atoms with E-state index in [0.717, 1.165) is 0 Å². The predicted octanol–water partition coefficient (Wildman–Crippen LogP) is 13.0. The second kappa shape index (κ2) is 10.5. The van der Waals surface area contributed by atoms with Crippen molar-refractivity contribution in [1.29, 1.82) is 0 Å². The minimum absolute atomic E-state index is 0.120. The first-order chi connectivity index (χ1) is 24.3. The molecular formula is C48H40N2. The Balaban J connectivity index is 1.26. The van der Waals surface area contributed by atoms with Crippen molar-refractivity contribution in [2.45, 2.75) is 51.4 Å². The fourth-order valence-corrected chi connectivity index (χ4v) is 8.93. The highest BCUT2D eigenvalue weighted by Crippen LogP contribution is 2.50. The van der Waals surface area contributed by atoms with E-state index < -0.39 is 0 Å². The summed E-state index contributed by atoms with van der Waals surface area (Å²) >= 11 is 0. The highest BCUT2D eigenvalue weighted by Gasteiger charge is 2.38. The van der Waals surface area contributed by atoms with E-state index in [1.165, 1.54) is 101 Å². The number of benzene rings is 7. The third-order valence-electron chi connectivity index (χ3n) is 11.8. The molecule has 2 nitrogen and oxygen atoms in total. The smallest absolute Gasteiger partial charge is 0.0548 e. The Morgan fingerprint density at radius 3 is 1.70 bits per heavy atom. The van der Waals surface area contributed by atoms with Gasteiger partial charge in [0.05, 0.1) is 22.1 Å². The summed E-state index contributed by atoms with van der Waals surface area (Å²) in [6, 6.07) is 54.2. The number of rotatable bonds is 3. The van der Waals surface area contributed by atoms with E-state index in [9.17, 15) is 0 Å². The molecule has 2 heteroatoms. The summed E-state index contributed by atoms with van der Waals surface area (Å²) < 4.78 is 4.97. The lowest BCUT2D eigenvalue weighted by atomic mass is 9.63. The Kier molecular flexibility index (Phi) is 6.13. The van der Waals surface area contributed by atoms with Gasteiger partial charge in [0.2, 0.25) is 0 Å². The average Bonchev–Trinajstić information content (AvgIpc) is 3.66. The van der Waals surface area contributed by atoms with Gasteiger partial charge in [0.15, 0.2) is 0 Å². The lowest BCUT2D eigenvalue weighted by Gasteiger charge is -2.42. The zero-order valence-electron chi connectivity index (χ0n) is 29.2. The monoisotopic (exact) mass is 644 g/mol. The lowest BCUT2D eigenvalue weighted by molar-refractivity contribution is 0.332. The van der Waals surface area contributed by atoms with Crippen LogP contribution in [0.3, 0.4) is 0 Å². The van der Waals surface area contributed by atoms with Gasteiger partial charge in [-0.25, -0.2) is 0 Å². The first kappa shape index (κ1) is 29.3. The van der Waals surface area contributed by atoms with Crippen LogP contribution in [0.25, 0.3) is 76.9 Å². The Morgan fingerprint density at radius 1 is 0.400 bits per heavy atom. The van der Waals surface area contributed by atoms with Crippen LogP contribution < -0.4 is 0 Å². The van der Waals surface area contributed by atoms with Crippen molar-refractivity contribution in [1.82, 2.24) is 9.13 Å². The average molecular weight is 645 g/mol. The van der Waals surface area contributed by atoms with Crippen LogP contribution >= 0.6 is 0 Å². The molecule has 0 N–H and O–H groups in total. The zero-order valence-corrected chi connectivity index (χ0v) is 29.2. The second-order valence-electron chi connectivity index (χ2n) is 15.7. The maximum atomic E-state index is 2.57. The zero-order chi connectivity index (χ0) is 33.8. The summed E-state index contributed by atoms with van der Waals surface area (Å²) in [6.07, 6.45) is 2.39. The van der Waals surface area contributed by atoms with Crippen molar-refractivity contribution >= 4 is 54.4 Å². The van der Waals surface area contributed by atoms with E-state index in [2.05, 4.69) is 182 Å². The summed E-state index contributed by atoms with van der Waals surface area (Å²) in [5.74, 6) is 0. The van der Waals surface area contributed by atoms with E-state index in [0.29, 0.717) is 0 Å². The first-order valence-electron chi connectivity index (χ1n) is 18.0. The molecule has 0 saturated carbocycles. The highest BCUT2D eigenvalue weighted by atomic mass is 15.0. The maximum absolute atomic E-state index is 2.57. The summed E-state index contributed by atoms with van der Waals surface area (Å²) in [7, 11) is 0. The molecule has 0 aliphatic heterocycles. The van der Waals surface area contributed by atoms with Crippen LogP contribution in [-0.4, -0.2) is 9.13 Å². The molecule has 0 fully saturated rings. The third kappa shape index (κ3) is 4.21. The number of hydrogen-bond acceptors (Lipinski definition) is 0. The molecule has 7 aromatic carbocycles. The fourth-order valence-electron chi connectivity index (χ4n) is 8.93. The topological polar surface area (TPSA) is 9.86 Å². The molecule has 9 aromatic rings. The van der Waals surface area contributed by atoms with Crippen LogP contribution in [0.1, 0.15) is 51.7 Å². The lowest BCUT2D eigenvalue weighted by Crippen LogP contribution is -2.33. The van der Waals surface area contributed by atoms with Gasteiger partial charge < -0.3 is 9.13 Å². The molecule has 0 saturated heterocycles. The van der Waals surface area contributed by atoms with Crippen LogP contribution in [0.4, 0.5) is 0 Å². The predicted molar refractivity (Wildman–Crippen MR) is 213 cm³/mol. The number of fused-ring (bicyclic) bond motifs is 9. The van der Waals surface area contributed by atoms with E-state index >= 15 is 0 Å². The summed E-state index contributed by atoms with van der Waals surface area (Å²) in [5.41, 5.74) is 13.1. The summed E-state index contributed by atoms with van der Waals surface area (Å²) in [4.78, 5) is 0. The molecule has 0 bridgehead atoms. The molecule has 2 heterocycles. The van der Waals surface area contributed by atoms with Gasteiger partial charge in [0.1, 0.15) is 0 Å². The summed E-state index contributed by atoms with van der Waals surface area (Å²) in [5, 5.41) is 7.83. The van der Waals surface area contributed by atoms with Gasteiger partial charge in [-0.1, -0.05) is 113 Å². The van der Waals surface area contributed by atoms with Gasteiger partial charge >= 0.3 is 0 Å². The van der Waals surface area contributed by atoms with Crippen molar-refractivity contribution in [3.63, 3.8) is 0 Å². The van der Waals surface area contributed by atoms with E-state index in [-0.39, 0.29) is 10.8 Å². The molecule has 0 radical (unpaired) electrons. The van der Waals surface area contributed by atoms with Crippen LogP contribution in [0.5, 0.6) is 0 Å². The molecule has 0 atom stereocenters. The normalized spacial score (nSPS) is 15.4. The third-order valence-corrected chi connectivity index (χ3v) is 11.8.